The molecule has 1 saturated heterocycles. The molecule has 2 atom stereocenters. The normalized spacial score (nSPS) is 23.6. The Morgan fingerprint density at radius 1 is 1.43 bits per heavy atom. The van der Waals surface area contributed by atoms with Crippen molar-refractivity contribution in [2.75, 3.05) is 38.0 Å². The molecule has 0 aliphatic carbocycles. The molecule has 2 unspecified atom stereocenters. The number of nitrogens with zero attached hydrogens (tertiary/aromatic N) is 3. The van der Waals surface area contributed by atoms with Crippen LogP contribution >= 0.6 is 11.6 Å². The van der Waals surface area contributed by atoms with E-state index in [0.29, 0.717) is 19.0 Å². The van der Waals surface area contributed by atoms with Crippen molar-refractivity contribution in [1.29, 1.82) is 0 Å². The number of morpholine rings is 1. The molecule has 8 heteroatoms. The Hall–Kier alpha value is -0.890. The summed E-state index contributed by atoms with van der Waals surface area (Å²) >= 11 is 5.86. The van der Waals surface area contributed by atoms with Crippen molar-refractivity contribution in [2.45, 2.75) is 24.0 Å². The maximum atomic E-state index is 12.0. The van der Waals surface area contributed by atoms with Gasteiger partial charge in [0.15, 0.2) is 0 Å². The minimum absolute atomic E-state index is 0.0394. The van der Waals surface area contributed by atoms with Crippen molar-refractivity contribution < 1.29 is 13.2 Å². The van der Waals surface area contributed by atoms with Gasteiger partial charge in [0.25, 0.3) is 0 Å². The quantitative estimate of drug-likeness (QED) is 0.774. The van der Waals surface area contributed by atoms with E-state index in [-0.39, 0.29) is 17.1 Å². The molecular formula is C13H20ClN3O3S. The first-order valence-electron chi connectivity index (χ1n) is 6.69. The monoisotopic (exact) mass is 333 g/mol. The minimum atomic E-state index is -3.44. The first kappa shape index (κ1) is 16.5. The summed E-state index contributed by atoms with van der Waals surface area (Å²) in [6, 6.07) is 3.30. The Morgan fingerprint density at radius 3 is 2.67 bits per heavy atom. The third-order valence-electron chi connectivity index (χ3n) is 3.32. The van der Waals surface area contributed by atoms with Crippen LogP contribution in [0.15, 0.2) is 23.2 Å². The van der Waals surface area contributed by atoms with Crippen molar-refractivity contribution in [3.05, 3.63) is 18.3 Å². The van der Waals surface area contributed by atoms with Gasteiger partial charge < -0.3 is 9.64 Å². The summed E-state index contributed by atoms with van der Waals surface area (Å²) in [5.74, 6) is 1.16. The van der Waals surface area contributed by atoms with Crippen molar-refractivity contribution >= 4 is 27.4 Å². The molecule has 0 saturated carbocycles. The lowest BCUT2D eigenvalue weighted by atomic mass is 10.2. The second-order valence-electron chi connectivity index (χ2n) is 5.27. The van der Waals surface area contributed by atoms with Gasteiger partial charge in [0.1, 0.15) is 10.7 Å². The van der Waals surface area contributed by atoms with E-state index in [1.807, 2.05) is 6.92 Å². The van der Waals surface area contributed by atoms with Gasteiger partial charge in [-0.1, -0.05) is 0 Å². The minimum Gasteiger partial charge on any atom is -0.370 e. The Kier molecular flexibility index (Phi) is 5.08. The number of halogens is 1. The first-order valence-corrected chi connectivity index (χ1v) is 8.67. The highest BCUT2D eigenvalue weighted by Crippen LogP contribution is 2.21. The number of hydrogen-bond donors (Lipinski definition) is 0. The molecule has 6 nitrogen and oxygen atoms in total. The van der Waals surface area contributed by atoms with E-state index in [0.717, 1.165) is 5.82 Å². The van der Waals surface area contributed by atoms with E-state index in [1.54, 1.807) is 12.1 Å². The van der Waals surface area contributed by atoms with Crippen LogP contribution in [0.3, 0.4) is 0 Å². The third kappa shape index (κ3) is 3.66. The fraction of sp³-hybridized carbons (Fsp3) is 0.615. The maximum absolute atomic E-state index is 12.0. The Labute approximate surface area is 130 Å². The summed E-state index contributed by atoms with van der Waals surface area (Å²) in [7, 11) is -0.448. The topological polar surface area (TPSA) is 62.7 Å². The van der Waals surface area contributed by atoms with Crippen LogP contribution in [-0.4, -0.2) is 63.0 Å². The predicted molar refractivity (Wildman–Crippen MR) is 82.4 cm³/mol. The standard InChI is InChI=1S/C13H20ClN3O3S/c1-10-8-17(9-11(6-14)20-10)13-5-4-12(7-15-13)21(18,19)16(2)3/h4-5,7,10-11H,6,8-9H2,1-3H3. The van der Waals surface area contributed by atoms with Crippen LogP contribution in [-0.2, 0) is 14.8 Å². The summed E-state index contributed by atoms with van der Waals surface area (Å²) in [6.45, 7) is 3.34. The molecule has 0 radical (unpaired) electrons. The van der Waals surface area contributed by atoms with E-state index in [2.05, 4.69) is 9.88 Å². The Bertz CT molecular complexity index is 577. The van der Waals surface area contributed by atoms with E-state index in [1.165, 1.54) is 24.6 Å². The maximum Gasteiger partial charge on any atom is 0.244 e. The second-order valence-corrected chi connectivity index (χ2v) is 7.73. The van der Waals surface area contributed by atoms with Gasteiger partial charge >= 0.3 is 0 Å². The summed E-state index contributed by atoms with van der Waals surface area (Å²) < 4.78 is 30.9. The lowest BCUT2D eigenvalue weighted by Gasteiger charge is -2.36. The number of rotatable bonds is 4. The molecule has 1 aromatic heterocycles. The smallest absolute Gasteiger partial charge is 0.244 e. The van der Waals surface area contributed by atoms with Gasteiger partial charge in [-0.3, -0.25) is 0 Å². The van der Waals surface area contributed by atoms with Gasteiger partial charge in [0.05, 0.1) is 18.1 Å². The van der Waals surface area contributed by atoms with Gasteiger partial charge in [0, 0.05) is 33.4 Å². The lowest BCUT2D eigenvalue weighted by Crippen LogP contribution is -2.47. The van der Waals surface area contributed by atoms with Gasteiger partial charge in [-0.05, 0) is 19.1 Å². The summed E-state index contributed by atoms with van der Waals surface area (Å²) in [4.78, 5) is 6.52. The molecule has 2 rings (SSSR count). The molecule has 118 valence electrons. The molecule has 0 bridgehead atoms. The molecule has 1 aromatic rings. The summed E-state index contributed by atoms with van der Waals surface area (Å²) in [6.07, 6.45) is 1.41. The zero-order valence-electron chi connectivity index (χ0n) is 12.4. The van der Waals surface area contributed by atoms with Gasteiger partial charge in [-0.15, -0.1) is 11.6 Å². The molecule has 0 aromatic carbocycles. The number of aromatic nitrogens is 1. The van der Waals surface area contributed by atoms with Crippen LogP contribution in [0.5, 0.6) is 0 Å². The average molecular weight is 334 g/mol. The number of alkyl halides is 1. The number of pyridine rings is 1. The zero-order chi connectivity index (χ0) is 15.6. The molecular weight excluding hydrogens is 314 g/mol. The molecule has 0 amide bonds. The largest absolute Gasteiger partial charge is 0.370 e. The van der Waals surface area contributed by atoms with Crippen LogP contribution in [0.4, 0.5) is 5.82 Å². The van der Waals surface area contributed by atoms with Crippen molar-refractivity contribution in [1.82, 2.24) is 9.29 Å². The van der Waals surface area contributed by atoms with Crippen molar-refractivity contribution in [3.8, 4) is 0 Å². The van der Waals surface area contributed by atoms with Crippen molar-refractivity contribution in [2.24, 2.45) is 0 Å². The van der Waals surface area contributed by atoms with E-state index >= 15 is 0 Å². The highest BCUT2D eigenvalue weighted by atomic mass is 35.5. The van der Waals surface area contributed by atoms with Gasteiger partial charge in [-0.2, -0.15) is 0 Å². The second kappa shape index (κ2) is 6.48. The zero-order valence-corrected chi connectivity index (χ0v) is 13.9. The van der Waals surface area contributed by atoms with Crippen LogP contribution in [0, 0.1) is 0 Å². The number of ether oxygens (including phenoxy) is 1. The fourth-order valence-corrected chi connectivity index (χ4v) is 3.26. The fourth-order valence-electron chi connectivity index (χ4n) is 2.24. The van der Waals surface area contributed by atoms with Crippen LogP contribution < -0.4 is 4.90 Å². The number of anilines is 1. The summed E-state index contributed by atoms with van der Waals surface area (Å²) in [5.41, 5.74) is 0. The predicted octanol–water partition coefficient (Wildman–Crippen LogP) is 1.16. The number of sulfonamides is 1. The van der Waals surface area contributed by atoms with E-state index < -0.39 is 10.0 Å². The summed E-state index contributed by atoms with van der Waals surface area (Å²) in [5, 5.41) is 0. The molecule has 2 heterocycles. The average Bonchev–Trinajstić information content (AvgIpc) is 2.46. The molecule has 1 aliphatic rings. The molecule has 0 N–H and O–H groups in total. The number of hydrogen-bond acceptors (Lipinski definition) is 5. The van der Waals surface area contributed by atoms with Gasteiger partial charge in [0.2, 0.25) is 10.0 Å². The SMILES string of the molecule is CC1CN(c2ccc(S(=O)(=O)N(C)C)cn2)CC(CCl)O1. The van der Waals surface area contributed by atoms with Crippen molar-refractivity contribution in [3.63, 3.8) is 0 Å². The Morgan fingerprint density at radius 2 is 2.14 bits per heavy atom. The highest BCUT2D eigenvalue weighted by molar-refractivity contribution is 7.89. The van der Waals surface area contributed by atoms with Gasteiger partial charge in [-0.25, -0.2) is 17.7 Å². The van der Waals surface area contributed by atoms with E-state index in [9.17, 15) is 8.42 Å². The van der Waals surface area contributed by atoms with Crippen LogP contribution in [0.25, 0.3) is 0 Å². The highest BCUT2D eigenvalue weighted by Gasteiger charge is 2.26. The first-order chi connectivity index (χ1) is 9.84. The molecule has 21 heavy (non-hydrogen) atoms. The molecule has 1 fully saturated rings. The third-order valence-corrected chi connectivity index (χ3v) is 5.46. The van der Waals surface area contributed by atoms with E-state index in [4.69, 9.17) is 16.3 Å². The Balaban J connectivity index is 2.19. The van der Waals surface area contributed by atoms with Crippen LogP contribution in [0.1, 0.15) is 6.92 Å². The molecule has 0 spiro atoms. The molecule has 1 aliphatic heterocycles. The van der Waals surface area contributed by atoms with Crippen LogP contribution in [0.2, 0.25) is 0 Å². The lowest BCUT2D eigenvalue weighted by molar-refractivity contribution is -0.00357.